The number of hydrogen-bond acceptors (Lipinski definition) is 6. The van der Waals surface area contributed by atoms with Gasteiger partial charge in [0.05, 0.1) is 36.9 Å². The Morgan fingerprint density at radius 3 is 2.48 bits per heavy atom. The molecular formula is C19H16ClN3O3S. The highest BCUT2D eigenvalue weighted by Gasteiger charge is 2.15. The molecule has 0 aliphatic carbocycles. The van der Waals surface area contributed by atoms with Gasteiger partial charge in [-0.15, -0.1) is 11.8 Å². The van der Waals surface area contributed by atoms with E-state index in [0.29, 0.717) is 39.0 Å². The summed E-state index contributed by atoms with van der Waals surface area (Å²) in [7, 11) is 3.03. The Morgan fingerprint density at radius 1 is 1.19 bits per heavy atom. The van der Waals surface area contributed by atoms with Gasteiger partial charge in [0.15, 0.2) is 11.5 Å². The van der Waals surface area contributed by atoms with E-state index >= 15 is 0 Å². The standard InChI is InChI=1S/C19H16ClN3O3S/c1-25-16-9-14-15(10-17(16)26-2)22-18(23(8-7-21)19(14)24)11-27-13-5-3-12(20)4-6-13/h3-6,9-10H,8,11H2,1-2H3. The molecule has 2 aromatic carbocycles. The Hall–Kier alpha value is -2.69. The molecule has 3 rings (SSSR count). The molecule has 138 valence electrons. The number of ether oxygens (including phenoxy) is 2. The number of nitriles is 1. The lowest BCUT2D eigenvalue weighted by molar-refractivity contribution is 0.355. The fraction of sp³-hybridized carbons (Fsp3) is 0.211. The van der Waals surface area contributed by atoms with Crippen molar-refractivity contribution in [3.8, 4) is 17.6 Å². The minimum atomic E-state index is -0.283. The summed E-state index contributed by atoms with van der Waals surface area (Å²) in [5, 5.41) is 10.2. The monoisotopic (exact) mass is 401 g/mol. The van der Waals surface area contributed by atoms with Crippen LogP contribution in [0.5, 0.6) is 11.5 Å². The highest BCUT2D eigenvalue weighted by molar-refractivity contribution is 7.98. The van der Waals surface area contributed by atoms with E-state index in [0.717, 1.165) is 4.90 Å². The molecule has 0 unspecified atom stereocenters. The first-order valence-electron chi connectivity index (χ1n) is 7.98. The van der Waals surface area contributed by atoms with Crippen LogP contribution in [0, 0.1) is 11.3 Å². The molecule has 0 aliphatic rings. The van der Waals surface area contributed by atoms with Crippen molar-refractivity contribution in [2.45, 2.75) is 17.2 Å². The number of rotatable bonds is 6. The fourth-order valence-corrected chi connectivity index (χ4v) is 3.59. The molecule has 0 saturated carbocycles. The molecule has 0 saturated heterocycles. The van der Waals surface area contributed by atoms with Crippen molar-refractivity contribution in [3.63, 3.8) is 0 Å². The third kappa shape index (κ3) is 4.02. The quantitative estimate of drug-likeness (QED) is 0.583. The van der Waals surface area contributed by atoms with E-state index in [4.69, 9.17) is 26.3 Å². The second-order valence-corrected chi connectivity index (χ2v) is 7.03. The first kappa shape index (κ1) is 19.1. The van der Waals surface area contributed by atoms with E-state index in [1.54, 1.807) is 24.3 Å². The maximum Gasteiger partial charge on any atom is 0.262 e. The maximum absolute atomic E-state index is 12.9. The molecule has 1 heterocycles. The van der Waals surface area contributed by atoms with E-state index in [-0.39, 0.29) is 12.1 Å². The number of nitrogens with zero attached hydrogens (tertiary/aromatic N) is 3. The van der Waals surface area contributed by atoms with Crippen LogP contribution >= 0.6 is 23.4 Å². The van der Waals surface area contributed by atoms with E-state index in [9.17, 15) is 4.79 Å². The van der Waals surface area contributed by atoms with E-state index in [2.05, 4.69) is 4.98 Å². The number of thioether (sulfide) groups is 1. The van der Waals surface area contributed by atoms with Gasteiger partial charge in [0, 0.05) is 16.0 Å². The van der Waals surface area contributed by atoms with Crippen molar-refractivity contribution in [1.29, 1.82) is 5.26 Å². The van der Waals surface area contributed by atoms with Crippen LogP contribution in [0.15, 0.2) is 46.1 Å². The Bertz CT molecular complexity index is 1070. The zero-order valence-electron chi connectivity index (χ0n) is 14.7. The fourth-order valence-electron chi connectivity index (χ4n) is 2.62. The van der Waals surface area contributed by atoms with Gasteiger partial charge in [0.2, 0.25) is 0 Å². The Morgan fingerprint density at radius 2 is 1.85 bits per heavy atom. The lowest BCUT2D eigenvalue weighted by Crippen LogP contribution is -2.25. The minimum Gasteiger partial charge on any atom is -0.493 e. The van der Waals surface area contributed by atoms with Crippen molar-refractivity contribution >= 4 is 34.3 Å². The number of aromatic nitrogens is 2. The largest absolute Gasteiger partial charge is 0.493 e. The van der Waals surface area contributed by atoms with Crippen molar-refractivity contribution in [3.05, 3.63) is 57.6 Å². The Kier molecular flexibility index (Phi) is 5.89. The number of halogens is 1. The van der Waals surface area contributed by atoms with E-state index in [1.165, 1.54) is 30.5 Å². The number of fused-ring (bicyclic) bond motifs is 1. The highest BCUT2D eigenvalue weighted by Crippen LogP contribution is 2.31. The Balaban J connectivity index is 2.07. The van der Waals surface area contributed by atoms with Crippen LogP contribution in [0.25, 0.3) is 10.9 Å². The number of methoxy groups -OCH3 is 2. The molecular weight excluding hydrogens is 386 g/mol. The van der Waals surface area contributed by atoms with E-state index < -0.39 is 0 Å². The average molecular weight is 402 g/mol. The molecule has 0 radical (unpaired) electrons. The molecule has 0 atom stereocenters. The first-order valence-corrected chi connectivity index (χ1v) is 9.34. The van der Waals surface area contributed by atoms with Gasteiger partial charge in [-0.2, -0.15) is 5.26 Å². The third-order valence-corrected chi connectivity index (χ3v) is 5.21. The summed E-state index contributed by atoms with van der Waals surface area (Å²) >= 11 is 7.42. The molecule has 0 N–H and O–H groups in total. The van der Waals surface area contributed by atoms with Crippen LogP contribution in [0.1, 0.15) is 5.82 Å². The van der Waals surface area contributed by atoms with Crippen molar-refractivity contribution < 1.29 is 9.47 Å². The lowest BCUT2D eigenvalue weighted by Gasteiger charge is -2.13. The lowest BCUT2D eigenvalue weighted by atomic mass is 10.2. The average Bonchev–Trinajstić information content (AvgIpc) is 2.69. The van der Waals surface area contributed by atoms with Crippen LogP contribution in [0.4, 0.5) is 0 Å². The molecule has 6 nitrogen and oxygen atoms in total. The number of benzene rings is 2. The SMILES string of the molecule is COc1cc2nc(CSc3ccc(Cl)cc3)n(CC#N)c(=O)c2cc1OC. The second-order valence-electron chi connectivity index (χ2n) is 5.54. The van der Waals surface area contributed by atoms with Crippen LogP contribution in [0.3, 0.4) is 0 Å². The normalized spacial score (nSPS) is 10.6. The Labute approximate surface area is 165 Å². The summed E-state index contributed by atoms with van der Waals surface area (Å²) in [5.41, 5.74) is 0.216. The molecule has 0 fully saturated rings. The zero-order valence-corrected chi connectivity index (χ0v) is 16.3. The van der Waals surface area contributed by atoms with Gasteiger partial charge in [-0.1, -0.05) is 11.6 Å². The van der Waals surface area contributed by atoms with Crippen molar-refractivity contribution in [2.75, 3.05) is 14.2 Å². The molecule has 0 aliphatic heterocycles. The van der Waals surface area contributed by atoms with Gasteiger partial charge < -0.3 is 9.47 Å². The van der Waals surface area contributed by atoms with Gasteiger partial charge >= 0.3 is 0 Å². The number of hydrogen-bond donors (Lipinski definition) is 0. The van der Waals surface area contributed by atoms with Gasteiger partial charge in [-0.25, -0.2) is 4.98 Å². The molecule has 0 spiro atoms. The maximum atomic E-state index is 12.9. The summed E-state index contributed by atoms with van der Waals surface area (Å²) < 4.78 is 11.9. The first-order chi connectivity index (χ1) is 13.1. The van der Waals surface area contributed by atoms with Crippen molar-refractivity contribution in [1.82, 2.24) is 9.55 Å². The van der Waals surface area contributed by atoms with E-state index in [1.807, 2.05) is 18.2 Å². The summed E-state index contributed by atoms with van der Waals surface area (Å²) in [5.74, 6) is 1.88. The van der Waals surface area contributed by atoms with Crippen LogP contribution in [-0.2, 0) is 12.3 Å². The summed E-state index contributed by atoms with van der Waals surface area (Å²) in [6.07, 6.45) is 0. The smallest absolute Gasteiger partial charge is 0.262 e. The van der Waals surface area contributed by atoms with Gasteiger partial charge in [-0.05, 0) is 30.3 Å². The molecule has 0 bridgehead atoms. The van der Waals surface area contributed by atoms with Crippen LogP contribution < -0.4 is 15.0 Å². The molecule has 27 heavy (non-hydrogen) atoms. The van der Waals surface area contributed by atoms with Gasteiger partial charge in [0.25, 0.3) is 5.56 Å². The van der Waals surface area contributed by atoms with Crippen LogP contribution in [0.2, 0.25) is 5.02 Å². The highest BCUT2D eigenvalue weighted by atomic mass is 35.5. The molecule has 1 aromatic heterocycles. The molecule has 8 heteroatoms. The van der Waals surface area contributed by atoms with Gasteiger partial charge in [0.1, 0.15) is 12.4 Å². The second kappa shape index (κ2) is 8.33. The summed E-state index contributed by atoms with van der Waals surface area (Å²) in [6.45, 7) is -0.0768. The van der Waals surface area contributed by atoms with Crippen LogP contribution in [-0.4, -0.2) is 23.8 Å². The third-order valence-electron chi connectivity index (χ3n) is 3.95. The predicted octanol–water partition coefficient (Wildman–Crippen LogP) is 3.88. The molecule has 3 aromatic rings. The predicted molar refractivity (Wildman–Crippen MR) is 106 cm³/mol. The zero-order chi connectivity index (χ0) is 19.4. The van der Waals surface area contributed by atoms with Gasteiger partial charge in [-0.3, -0.25) is 9.36 Å². The molecule has 0 amide bonds. The minimum absolute atomic E-state index is 0.0768. The summed E-state index contributed by atoms with van der Waals surface area (Å²) in [6, 6.07) is 12.7. The topological polar surface area (TPSA) is 77.1 Å². The van der Waals surface area contributed by atoms with Crippen molar-refractivity contribution in [2.24, 2.45) is 0 Å². The summed E-state index contributed by atoms with van der Waals surface area (Å²) in [4.78, 5) is 18.5.